The molecule has 1 aliphatic rings. The van der Waals surface area contributed by atoms with Gasteiger partial charge < -0.3 is 14.8 Å². The molecule has 1 aliphatic heterocycles. The van der Waals surface area contributed by atoms with E-state index in [2.05, 4.69) is 17.0 Å². The summed E-state index contributed by atoms with van der Waals surface area (Å²) < 4.78 is 34.5. The fourth-order valence-electron chi connectivity index (χ4n) is 2.56. The number of rotatable bonds is 7. The van der Waals surface area contributed by atoms with Crippen LogP contribution in [0, 0.1) is 5.92 Å². The molecule has 0 aliphatic carbocycles. The number of ether oxygens (including phenoxy) is 2. The van der Waals surface area contributed by atoms with E-state index in [0.29, 0.717) is 12.5 Å². The van der Waals surface area contributed by atoms with Crippen LogP contribution < -0.4 is 10.1 Å². The topological polar surface area (TPSA) is 30.5 Å². The van der Waals surface area contributed by atoms with Crippen molar-refractivity contribution in [2.24, 2.45) is 5.92 Å². The molecular formula is C15H21F2NO2. The van der Waals surface area contributed by atoms with Gasteiger partial charge in [0, 0.05) is 18.6 Å². The lowest BCUT2D eigenvalue weighted by molar-refractivity contribution is -0.0499. The van der Waals surface area contributed by atoms with Crippen LogP contribution in [0.1, 0.15) is 31.4 Å². The molecule has 0 saturated carbocycles. The summed E-state index contributed by atoms with van der Waals surface area (Å²) in [6.45, 7) is 1.68. The van der Waals surface area contributed by atoms with Gasteiger partial charge in [0.15, 0.2) is 0 Å². The zero-order valence-corrected chi connectivity index (χ0v) is 11.6. The zero-order valence-electron chi connectivity index (χ0n) is 11.6. The van der Waals surface area contributed by atoms with Crippen molar-refractivity contribution < 1.29 is 18.3 Å². The van der Waals surface area contributed by atoms with E-state index < -0.39 is 6.61 Å². The summed E-state index contributed by atoms with van der Waals surface area (Å²) in [5, 5.41) is 3.49. The first-order valence-electron chi connectivity index (χ1n) is 7.06. The van der Waals surface area contributed by atoms with Crippen molar-refractivity contribution in [1.82, 2.24) is 5.32 Å². The zero-order chi connectivity index (χ0) is 14.4. The molecule has 1 aromatic carbocycles. The minimum absolute atomic E-state index is 0.124. The van der Waals surface area contributed by atoms with Crippen LogP contribution in [-0.2, 0) is 4.74 Å². The molecule has 0 amide bonds. The van der Waals surface area contributed by atoms with Crippen LogP contribution in [0.5, 0.6) is 5.75 Å². The lowest BCUT2D eigenvalue weighted by Crippen LogP contribution is -2.29. The molecule has 5 heteroatoms. The van der Waals surface area contributed by atoms with Crippen LogP contribution in [0.2, 0.25) is 0 Å². The van der Waals surface area contributed by atoms with Gasteiger partial charge in [-0.15, -0.1) is 0 Å². The Morgan fingerprint density at radius 3 is 2.95 bits per heavy atom. The Balaban J connectivity index is 2.14. The second-order valence-electron chi connectivity index (χ2n) is 5.01. The van der Waals surface area contributed by atoms with Crippen LogP contribution in [0.3, 0.4) is 0 Å². The van der Waals surface area contributed by atoms with Crippen molar-refractivity contribution in [3.05, 3.63) is 29.8 Å². The van der Waals surface area contributed by atoms with E-state index in [-0.39, 0.29) is 11.8 Å². The van der Waals surface area contributed by atoms with E-state index in [1.807, 2.05) is 6.07 Å². The van der Waals surface area contributed by atoms with Crippen molar-refractivity contribution in [1.29, 1.82) is 0 Å². The summed E-state index contributed by atoms with van der Waals surface area (Å²) in [5.74, 6) is 0.586. The molecule has 2 atom stereocenters. The molecule has 112 valence electrons. The Labute approximate surface area is 118 Å². The van der Waals surface area contributed by atoms with E-state index in [4.69, 9.17) is 4.74 Å². The maximum absolute atomic E-state index is 12.3. The van der Waals surface area contributed by atoms with Gasteiger partial charge in [0.1, 0.15) is 5.75 Å². The highest BCUT2D eigenvalue weighted by molar-refractivity contribution is 5.31. The smallest absolute Gasteiger partial charge is 0.387 e. The molecular weight excluding hydrogens is 264 g/mol. The molecule has 3 nitrogen and oxygen atoms in total. The van der Waals surface area contributed by atoms with E-state index in [1.165, 1.54) is 0 Å². The number of hydrogen-bond donors (Lipinski definition) is 1. The third-order valence-corrected chi connectivity index (χ3v) is 3.49. The van der Waals surface area contributed by atoms with Crippen molar-refractivity contribution in [2.75, 3.05) is 19.8 Å². The predicted molar refractivity (Wildman–Crippen MR) is 73.0 cm³/mol. The first-order valence-corrected chi connectivity index (χ1v) is 7.06. The number of benzene rings is 1. The highest BCUT2D eigenvalue weighted by Gasteiger charge is 2.26. The Morgan fingerprint density at radius 1 is 1.45 bits per heavy atom. The predicted octanol–water partition coefficient (Wildman–Crippen LogP) is 3.37. The third-order valence-electron chi connectivity index (χ3n) is 3.49. The fraction of sp³-hybridized carbons (Fsp3) is 0.600. The van der Waals surface area contributed by atoms with Crippen molar-refractivity contribution >= 4 is 0 Å². The molecule has 0 bridgehead atoms. The number of halogens is 2. The maximum Gasteiger partial charge on any atom is 0.387 e. The summed E-state index contributed by atoms with van der Waals surface area (Å²) in [6, 6.07) is 7.07. The second-order valence-corrected chi connectivity index (χ2v) is 5.01. The molecule has 1 heterocycles. The minimum atomic E-state index is -2.79. The minimum Gasteiger partial charge on any atom is -0.435 e. The summed E-state index contributed by atoms with van der Waals surface area (Å²) in [6.07, 6.45) is 2.01. The average molecular weight is 285 g/mol. The van der Waals surface area contributed by atoms with Gasteiger partial charge in [0.05, 0.1) is 6.61 Å². The molecule has 0 aromatic heterocycles. The summed E-state index contributed by atoms with van der Waals surface area (Å²) in [7, 11) is 0. The lowest BCUT2D eigenvalue weighted by Gasteiger charge is -2.24. The molecule has 1 saturated heterocycles. The molecule has 20 heavy (non-hydrogen) atoms. The van der Waals surface area contributed by atoms with E-state index in [0.717, 1.165) is 31.6 Å². The average Bonchev–Trinajstić information content (AvgIpc) is 2.93. The van der Waals surface area contributed by atoms with Crippen molar-refractivity contribution in [3.63, 3.8) is 0 Å². The monoisotopic (exact) mass is 285 g/mol. The first-order chi connectivity index (χ1) is 9.70. The van der Waals surface area contributed by atoms with Crippen LogP contribution in [0.4, 0.5) is 8.78 Å². The Kier molecular flexibility index (Phi) is 5.73. The Hall–Kier alpha value is -1.20. The third kappa shape index (κ3) is 4.15. The van der Waals surface area contributed by atoms with Gasteiger partial charge in [0.25, 0.3) is 0 Å². The quantitative estimate of drug-likeness (QED) is 0.833. The van der Waals surface area contributed by atoms with Crippen molar-refractivity contribution in [2.45, 2.75) is 32.4 Å². The SMILES string of the molecule is CCCNC(c1cccc(OC(F)F)c1)C1CCOC1. The summed E-state index contributed by atoms with van der Waals surface area (Å²) in [4.78, 5) is 0. The van der Waals surface area contributed by atoms with Crippen LogP contribution >= 0.6 is 0 Å². The van der Waals surface area contributed by atoms with E-state index in [1.54, 1.807) is 18.2 Å². The van der Waals surface area contributed by atoms with E-state index in [9.17, 15) is 8.78 Å². The van der Waals surface area contributed by atoms with Crippen LogP contribution in [-0.4, -0.2) is 26.4 Å². The molecule has 1 fully saturated rings. The van der Waals surface area contributed by atoms with Crippen LogP contribution in [0.25, 0.3) is 0 Å². The fourth-order valence-corrected chi connectivity index (χ4v) is 2.56. The van der Waals surface area contributed by atoms with Gasteiger partial charge in [0.2, 0.25) is 0 Å². The summed E-state index contributed by atoms with van der Waals surface area (Å²) in [5.41, 5.74) is 0.979. The van der Waals surface area contributed by atoms with Gasteiger partial charge in [-0.25, -0.2) is 0 Å². The van der Waals surface area contributed by atoms with Gasteiger partial charge in [-0.2, -0.15) is 8.78 Å². The van der Waals surface area contributed by atoms with E-state index >= 15 is 0 Å². The van der Waals surface area contributed by atoms with Gasteiger partial charge >= 0.3 is 6.61 Å². The molecule has 1 aromatic rings. The van der Waals surface area contributed by atoms with Gasteiger partial charge in [-0.05, 0) is 37.1 Å². The second kappa shape index (κ2) is 7.55. The maximum atomic E-state index is 12.3. The normalized spacial score (nSPS) is 20.3. The molecule has 1 N–H and O–H groups in total. The van der Waals surface area contributed by atoms with Crippen LogP contribution in [0.15, 0.2) is 24.3 Å². The standard InChI is InChI=1S/C15H21F2NO2/c1-2-7-18-14(12-6-8-19-10-12)11-4-3-5-13(9-11)20-15(16)17/h3-5,9,12,14-15,18H,2,6-8,10H2,1H3. The number of nitrogens with one attached hydrogen (secondary N) is 1. The highest BCUT2D eigenvalue weighted by atomic mass is 19.3. The van der Waals surface area contributed by atoms with Gasteiger partial charge in [-0.3, -0.25) is 0 Å². The Morgan fingerprint density at radius 2 is 2.30 bits per heavy atom. The Bertz CT molecular complexity index is 409. The largest absolute Gasteiger partial charge is 0.435 e. The molecule has 0 spiro atoms. The molecule has 0 radical (unpaired) electrons. The van der Waals surface area contributed by atoms with Crippen molar-refractivity contribution in [3.8, 4) is 5.75 Å². The van der Waals surface area contributed by atoms with Gasteiger partial charge in [-0.1, -0.05) is 19.1 Å². The first kappa shape index (κ1) is 15.2. The highest BCUT2D eigenvalue weighted by Crippen LogP contribution is 2.30. The number of hydrogen-bond acceptors (Lipinski definition) is 3. The molecule has 2 rings (SSSR count). The number of alkyl halides is 2. The lowest BCUT2D eigenvalue weighted by atomic mass is 9.92. The molecule has 2 unspecified atom stereocenters. The summed E-state index contributed by atoms with van der Waals surface area (Å²) >= 11 is 0.